The number of aliphatic hydroxyl groups excluding tert-OH is 1. The van der Waals surface area contributed by atoms with Gasteiger partial charge in [0.2, 0.25) is 0 Å². The van der Waals surface area contributed by atoms with E-state index in [0.717, 1.165) is 19.5 Å². The molecule has 0 spiro atoms. The Bertz CT molecular complexity index is 326. The van der Waals surface area contributed by atoms with Crippen molar-refractivity contribution in [2.45, 2.75) is 26.8 Å². The van der Waals surface area contributed by atoms with E-state index in [1.165, 1.54) is 16.8 Å². The fraction of sp³-hybridized carbons (Fsp3) is 0.538. The van der Waals surface area contributed by atoms with Gasteiger partial charge in [-0.05, 0) is 37.5 Å². The van der Waals surface area contributed by atoms with Crippen molar-refractivity contribution in [3.63, 3.8) is 0 Å². The lowest BCUT2D eigenvalue weighted by Crippen LogP contribution is -2.25. The molecule has 0 unspecified atom stereocenters. The SMILES string of the molecule is CCN(CCCO)c1ccc(CN)cc1C. The molecule has 1 aromatic rings. The predicted molar refractivity (Wildman–Crippen MR) is 68.7 cm³/mol. The van der Waals surface area contributed by atoms with E-state index in [1.54, 1.807) is 0 Å². The molecule has 3 heteroatoms. The van der Waals surface area contributed by atoms with Crippen LogP contribution in [0.5, 0.6) is 0 Å². The molecular weight excluding hydrogens is 200 g/mol. The van der Waals surface area contributed by atoms with Crippen LogP contribution >= 0.6 is 0 Å². The van der Waals surface area contributed by atoms with Crippen molar-refractivity contribution in [1.82, 2.24) is 0 Å². The van der Waals surface area contributed by atoms with Crippen LogP contribution < -0.4 is 10.6 Å². The van der Waals surface area contributed by atoms with Crippen molar-refractivity contribution in [2.24, 2.45) is 5.73 Å². The van der Waals surface area contributed by atoms with Crippen LogP contribution in [0.3, 0.4) is 0 Å². The van der Waals surface area contributed by atoms with Crippen molar-refractivity contribution in [1.29, 1.82) is 0 Å². The Labute approximate surface area is 97.9 Å². The lowest BCUT2D eigenvalue weighted by molar-refractivity contribution is 0.289. The van der Waals surface area contributed by atoms with E-state index < -0.39 is 0 Å². The third kappa shape index (κ3) is 3.22. The summed E-state index contributed by atoms with van der Waals surface area (Å²) < 4.78 is 0. The average molecular weight is 222 g/mol. The second-order valence-corrected chi connectivity index (χ2v) is 3.98. The summed E-state index contributed by atoms with van der Waals surface area (Å²) in [6.45, 7) is 6.93. The van der Waals surface area contributed by atoms with Gasteiger partial charge in [-0.15, -0.1) is 0 Å². The van der Waals surface area contributed by atoms with E-state index in [-0.39, 0.29) is 6.61 Å². The molecule has 0 aliphatic heterocycles. The second-order valence-electron chi connectivity index (χ2n) is 3.98. The third-order valence-electron chi connectivity index (χ3n) is 2.81. The number of aryl methyl sites for hydroxylation is 1. The van der Waals surface area contributed by atoms with Crippen LogP contribution in [0, 0.1) is 6.92 Å². The Morgan fingerprint density at radius 1 is 1.38 bits per heavy atom. The standard InChI is InChI=1S/C13H22N2O/c1-3-15(7-4-8-16)13-6-5-12(10-14)9-11(13)2/h5-6,9,16H,3-4,7-8,10,14H2,1-2H3. The minimum Gasteiger partial charge on any atom is -0.396 e. The highest BCUT2D eigenvalue weighted by Crippen LogP contribution is 2.21. The molecule has 0 saturated carbocycles. The highest BCUT2D eigenvalue weighted by atomic mass is 16.3. The quantitative estimate of drug-likeness (QED) is 0.769. The first kappa shape index (κ1) is 13.0. The van der Waals surface area contributed by atoms with Crippen molar-refractivity contribution >= 4 is 5.69 Å². The van der Waals surface area contributed by atoms with Crippen LogP contribution in [-0.2, 0) is 6.54 Å². The molecule has 0 aliphatic carbocycles. The summed E-state index contributed by atoms with van der Waals surface area (Å²) in [7, 11) is 0. The molecule has 0 heterocycles. The molecular formula is C13H22N2O. The topological polar surface area (TPSA) is 49.5 Å². The summed E-state index contributed by atoms with van der Waals surface area (Å²) >= 11 is 0. The zero-order valence-corrected chi connectivity index (χ0v) is 10.2. The zero-order chi connectivity index (χ0) is 12.0. The number of aliphatic hydroxyl groups is 1. The van der Waals surface area contributed by atoms with E-state index in [2.05, 4.69) is 36.9 Å². The van der Waals surface area contributed by atoms with Gasteiger partial charge >= 0.3 is 0 Å². The number of nitrogens with two attached hydrogens (primary N) is 1. The molecule has 0 radical (unpaired) electrons. The number of anilines is 1. The zero-order valence-electron chi connectivity index (χ0n) is 10.2. The predicted octanol–water partition coefficient (Wildman–Crippen LogP) is 1.66. The van der Waals surface area contributed by atoms with Gasteiger partial charge in [-0.1, -0.05) is 12.1 Å². The molecule has 3 nitrogen and oxygen atoms in total. The van der Waals surface area contributed by atoms with E-state index in [9.17, 15) is 0 Å². The van der Waals surface area contributed by atoms with Crippen LogP contribution in [0.25, 0.3) is 0 Å². The Balaban J connectivity index is 2.83. The van der Waals surface area contributed by atoms with Gasteiger partial charge in [0.15, 0.2) is 0 Å². The first-order chi connectivity index (χ1) is 7.72. The molecule has 0 saturated heterocycles. The first-order valence-electron chi connectivity index (χ1n) is 5.88. The lowest BCUT2D eigenvalue weighted by atomic mass is 10.1. The van der Waals surface area contributed by atoms with Crippen molar-refractivity contribution < 1.29 is 5.11 Å². The molecule has 1 aromatic carbocycles. The Morgan fingerprint density at radius 3 is 2.62 bits per heavy atom. The minimum atomic E-state index is 0.246. The minimum absolute atomic E-state index is 0.246. The number of benzene rings is 1. The van der Waals surface area contributed by atoms with Crippen molar-refractivity contribution in [3.05, 3.63) is 29.3 Å². The van der Waals surface area contributed by atoms with Crippen LogP contribution in [0.15, 0.2) is 18.2 Å². The Kier molecular flexibility index (Phi) is 5.29. The fourth-order valence-corrected chi connectivity index (χ4v) is 1.91. The summed E-state index contributed by atoms with van der Waals surface area (Å²) in [5.41, 5.74) is 9.27. The second kappa shape index (κ2) is 6.51. The van der Waals surface area contributed by atoms with Gasteiger partial charge in [-0.3, -0.25) is 0 Å². The monoisotopic (exact) mass is 222 g/mol. The van der Waals surface area contributed by atoms with Crippen molar-refractivity contribution in [2.75, 3.05) is 24.6 Å². The number of rotatable bonds is 6. The molecule has 1 rings (SSSR count). The molecule has 0 fully saturated rings. The lowest BCUT2D eigenvalue weighted by Gasteiger charge is -2.25. The van der Waals surface area contributed by atoms with Gasteiger partial charge in [-0.25, -0.2) is 0 Å². The average Bonchev–Trinajstić information content (AvgIpc) is 2.31. The molecule has 0 aromatic heterocycles. The highest BCUT2D eigenvalue weighted by molar-refractivity contribution is 5.54. The van der Waals surface area contributed by atoms with Crippen LogP contribution in [-0.4, -0.2) is 24.8 Å². The maximum atomic E-state index is 8.87. The Hall–Kier alpha value is -1.06. The normalized spacial score (nSPS) is 10.5. The molecule has 16 heavy (non-hydrogen) atoms. The summed E-state index contributed by atoms with van der Waals surface area (Å²) in [5, 5.41) is 8.87. The van der Waals surface area contributed by atoms with E-state index in [0.29, 0.717) is 6.54 Å². The summed E-state index contributed by atoms with van der Waals surface area (Å²) in [4.78, 5) is 2.28. The van der Waals surface area contributed by atoms with Crippen molar-refractivity contribution in [3.8, 4) is 0 Å². The Morgan fingerprint density at radius 2 is 2.12 bits per heavy atom. The van der Waals surface area contributed by atoms with Gasteiger partial charge in [0.25, 0.3) is 0 Å². The van der Waals surface area contributed by atoms with E-state index in [4.69, 9.17) is 10.8 Å². The maximum absolute atomic E-state index is 8.87. The van der Waals surface area contributed by atoms with Crippen LogP contribution in [0.4, 0.5) is 5.69 Å². The number of hydrogen-bond acceptors (Lipinski definition) is 3. The van der Waals surface area contributed by atoms with Gasteiger partial charge < -0.3 is 15.7 Å². The smallest absolute Gasteiger partial charge is 0.0447 e. The van der Waals surface area contributed by atoms with Gasteiger partial charge in [-0.2, -0.15) is 0 Å². The van der Waals surface area contributed by atoms with Gasteiger partial charge in [0, 0.05) is 31.9 Å². The van der Waals surface area contributed by atoms with E-state index in [1.807, 2.05) is 0 Å². The molecule has 3 N–H and O–H groups in total. The molecule has 0 atom stereocenters. The van der Waals surface area contributed by atoms with Crippen LogP contribution in [0.2, 0.25) is 0 Å². The first-order valence-corrected chi connectivity index (χ1v) is 5.88. The number of hydrogen-bond donors (Lipinski definition) is 2. The molecule has 0 amide bonds. The highest BCUT2D eigenvalue weighted by Gasteiger charge is 2.07. The summed E-state index contributed by atoms with van der Waals surface area (Å²) in [5.74, 6) is 0. The molecule has 0 bridgehead atoms. The van der Waals surface area contributed by atoms with Gasteiger partial charge in [0.05, 0.1) is 0 Å². The number of nitrogens with zero attached hydrogens (tertiary/aromatic N) is 1. The summed E-state index contributed by atoms with van der Waals surface area (Å²) in [6, 6.07) is 6.33. The fourth-order valence-electron chi connectivity index (χ4n) is 1.91. The van der Waals surface area contributed by atoms with Crippen LogP contribution in [0.1, 0.15) is 24.5 Å². The van der Waals surface area contributed by atoms with Gasteiger partial charge in [0.1, 0.15) is 0 Å². The molecule has 90 valence electrons. The van der Waals surface area contributed by atoms with E-state index >= 15 is 0 Å². The largest absolute Gasteiger partial charge is 0.396 e. The molecule has 0 aliphatic rings. The maximum Gasteiger partial charge on any atom is 0.0447 e. The third-order valence-corrected chi connectivity index (χ3v) is 2.81. The summed E-state index contributed by atoms with van der Waals surface area (Å²) in [6.07, 6.45) is 0.811.